The molecule has 9 heteroatoms. The second-order valence-electron chi connectivity index (χ2n) is 6.36. The number of nitrogens with one attached hydrogen (secondary N) is 1. The Bertz CT molecular complexity index is 950. The lowest BCUT2D eigenvalue weighted by molar-refractivity contribution is 0.0338. The van der Waals surface area contributed by atoms with Crippen molar-refractivity contribution in [3.8, 4) is 0 Å². The highest BCUT2D eigenvalue weighted by molar-refractivity contribution is 6.30. The largest absolute Gasteiger partial charge is 0.390 e. The second-order valence-corrected chi connectivity index (χ2v) is 6.80. The van der Waals surface area contributed by atoms with E-state index in [4.69, 9.17) is 11.6 Å². The van der Waals surface area contributed by atoms with Gasteiger partial charge >= 0.3 is 0 Å². The van der Waals surface area contributed by atoms with E-state index in [-0.39, 0.29) is 18.3 Å². The summed E-state index contributed by atoms with van der Waals surface area (Å²) in [5.74, 6) is 0.363. The number of hydrogen-bond donors (Lipinski definition) is 3. The fraction of sp³-hybridized carbons (Fsp3) is 0.353. The predicted molar refractivity (Wildman–Crippen MR) is 93.5 cm³/mol. The predicted octanol–water partition coefficient (Wildman–Crippen LogP) is 2.13. The van der Waals surface area contributed by atoms with E-state index in [2.05, 4.69) is 20.5 Å². The van der Waals surface area contributed by atoms with Crippen molar-refractivity contribution in [2.24, 2.45) is 0 Å². The minimum Gasteiger partial charge on any atom is -0.390 e. The van der Waals surface area contributed by atoms with Crippen molar-refractivity contribution in [3.63, 3.8) is 0 Å². The third-order valence-corrected chi connectivity index (χ3v) is 4.95. The Morgan fingerprint density at radius 1 is 1.27 bits per heavy atom. The number of fused-ring (bicyclic) bond motifs is 1. The van der Waals surface area contributed by atoms with Crippen LogP contribution < -0.4 is 5.32 Å². The molecular formula is C17H17ClFN5O2. The summed E-state index contributed by atoms with van der Waals surface area (Å²) in [5.41, 5.74) is 0.883. The van der Waals surface area contributed by atoms with Gasteiger partial charge in [-0.3, -0.25) is 4.40 Å². The number of rotatable bonds is 4. The van der Waals surface area contributed by atoms with Gasteiger partial charge in [-0.15, -0.1) is 10.2 Å². The van der Waals surface area contributed by atoms with Gasteiger partial charge in [-0.2, -0.15) is 0 Å². The topological polar surface area (TPSA) is 95.6 Å². The molecular weight excluding hydrogens is 361 g/mol. The maximum Gasteiger partial charge on any atom is 0.203 e. The first kappa shape index (κ1) is 17.1. The van der Waals surface area contributed by atoms with Crippen molar-refractivity contribution in [2.75, 3.05) is 5.32 Å². The van der Waals surface area contributed by atoms with Crippen LogP contribution in [0, 0.1) is 5.82 Å². The van der Waals surface area contributed by atoms with Crippen LogP contribution in [0.25, 0.3) is 5.65 Å². The van der Waals surface area contributed by atoms with E-state index in [9.17, 15) is 14.6 Å². The summed E-state index contributed by atoms with van der Waals surface area (Å²) in [7, 11) is 0. The summed E-state index contributed by atoms with van der Waals surface area (Å²) in [6.07, 6.45) is 2.80. The maximum atomic E-state index is 13.9. The summed E-state index contributed by atoms with van der Waals surface area (Å²) in [6, 6.07) is 4.36. The maximum absolute atomic E-state index is 13.9. The average Bonchev–Trinajstić information content (AvgIpc) is 3.20. The zero-order valence-corrected chi connectivity index (χ0v) is 14.4. The van der Waals surface area contributed by atoms with Crippen molar-refractivity contribution in [1.82, 2.24) is 19.6 Å². The normalized spacial score (nSPS) is 22.8. The summed E-state index contributed by atoms with van der Waals surface area (Å²) in [5, 5.41) is 31.8. The number of halogens is 2. The lowest BCUT2D eigenvalue weighted by Crippen LogP contribution is -2.24. The zero-order valence-electron chi connectivity index (χ0n) is 13.7. The monoisotopic (exact) mass is 377 g/mol. The first-order valence-corrected chi connectivity index (χ1v) is 8.66. The van der Waals surface area contributed by atoms with Gasteiger partial charge in [0.15, 0.2) is 5.82 Å². The molecule has 3 aromatic rings. The van der Waals surface area contributed by atoms with Crippen LogP contribution in [0.3, 0.4) is 0 Å². The van der Waals surface area contributed by atoms with E-state index in [1.54, 1.807) is 22.9 Å². The van der Waals surface area contributed by atoms with Gasteiger partial charge < -0.3 is 15.5 Å². The standard InChI is InChI=1S/C17H17ClFN5O2/c18-10-1-3-12(19)9(7-10)8-21-15-17-23-22-16(24(17)6-5-20-15)11-2-4-13(25)14(11)26/h1,3,5-7,11,13-14,25-26H,2,4,8H2,(H,20,21)/t11-,13-,14+/m1/s1. The Morgan fingerprint density at radius 2 is 2.12 bits per heavy atom. The van der Waals surface area contributed by atoms with Crippen LogP contribution in [0.15, 0.2) is 30.6 Å². The molecule has 7 nitrogen and oxygen atoms in total. The Hall–Kier alpha value is -2.29. The minimum absolute atomic E-state index is 0.187. The Kier molecular flexibility index (Phi) is 4.47. The van der Waals surface area contributed by atoms with Gasteiger partial charge in [-0.25, -0.2) is 9.37 Å². The van der Waals surface area contributed by atoms with Crippen LogP contribution in [-0.2, 0) is 6.54 Å². The highest BCUT2D eigenvalue weighted by atomic mass is 35.5. The fourth-order valence-corrected chi connectivity index (χ4v) is 3.52. The molecule has 1 saturated carbocycles. The zero-order chi connectivity index (χ0) is 18.3. The van der Waals surface area contributed by atoms with Gasteiger partial charge in [-0.1, -0.05) is 11.6 Å². The molecule has 0 amide bonds. The van der Waals surface area contributed by atoms with Crippen LogP contribution in [-0.4, -0.2) is 42.0 Å². The number of anilines is 1. The molecule has 1 aliphatic carbocycles. The Balaban J connectivity index is 1.62. The van der Waals surface area contributed by atoms with Crippen molar-refractivity contribution >= 4 is 23.1 Å². The highest BCUT2D eigenvalue weighted by Gasteiger charge is 2.37. The molecule has 2 aromatic heterocycles. The molecule has 4 rings (SSSR count). The summed E-state index contributed by atoms with van der Waals surface area (Å²) in [4.78, 5) is 4.25. The van der Waals surface area contributed by atoms with Crippen molar-refractivity contribution in [1.29, 1.82) is 0 Å². The van der Waals surface area contributed by atoms with Crippen LogP contribution in [0.4, 0.5) is 10.2 Å². The quantitative estimate of drug-likeness (QED) is 0.644. The molecule has 0 aliphatic heterocycles. The molecule has 1 fully saturated rings. The molecule has 136 valence electrons. The lowest BCUT2D eigenvalue weighted by Gasteiger charge is -2.14. The molecule has 2 heterocycles. The van der Waals surface area contributed by atoms with E-state index in [0.29, 0.717) is 40.7 Å². The van der Waals surface area contributed by atoms with Gasteiger partial charge in [-0.05, 0) is 31.0 Å². The summed E-state index contributed by atoms with van der Waals surface area (Å²) >= 11 is 5.91. The van der Waals surface area contributed by atoms with Crippen LogP contribution in [0.1, 0.15) is 30.1 Å². The third-order valence-electron chi connectivity index (χ3n) is 4.72. The first-order chi connectivity index (χ1) is 12.5. The second kappa shape index (κ2) is 6.79. The van der Waals surface area contributed by atoms with Gasteiger partial charge in [0.1, 0.15) is 11.6 Å². The van der Waals surface area contributed by atoms with Gasteiger partial charge in [0.2, 0.25) is 5.65 Å². The van der Waals surface area contributed by atoms with E-state index in [1.807, 2.05) is 0 Å². The fourth-order valence-electron chi connectivity index (χ4n) is 3.32. The smallest absolute Gasteiger partial charge is 0.203 e. The molecule has 0 saturated heterocycles. The summed E-state index contributed by atoms with van der Waals surface area (Å²) < 4.78 is 15.6. The number of aliphatic hydroxyl groups excluding tert-OH is 2. The van der Waals surface area contributed by atoms with Crippen molar-refractivity contribution in [3.05, 3.63) is 52.8 Å². The van der Waals surface area contributed by atoms with E-state index in [0.717, 1.165) is 0 Å². The molecule has 3 N–H and O–H groups in total. The molecule has 0 spiro atoms. The first-order valence-electron chi connectivity index (χ1n) is 8.28. The van der Waals surface area contributed by atoms with E-state index < -0.39 is 12.2 Å². The average molecular weight is 378 g/mol. The van der Waals surface area contributed by atoms with E-state index >= 15 is 0 Å². The molecule has 0 bridgehead atoms. The molecule has 1 aromatic carbocycles. The van der Waals surface area contributed by atoms with Crippen LogP contribution in [0.2, 0.25) is 5.02 Å². The number of aromatic nitrogens is 4. The number of aliphatic hydroxyl groups is 2. The number of nitrogens with zero attached hydrogens (tertiary/aromatic N) is 4. The van der Waals surface area contributed by atoms with Gasteiger partial charge in [0, 0.05) is 35.4 Å². The third kappa shape index (κ3) is 3.00. The van der Waals surface area contributed by atoms with Crippen molar-refractivity contribution in [2.45, 2.75) is 37.5 Å². The SMILES string of the molecule is O[C@@H]1[C@H](O)CC[C@H]1c1nnc2c(NCc3cc(Cl)ccc3F)nccn12. The Morgan fingerprint density at radius 3 is 2.88 bits per heavy atom. The van der Waals surface area contributed by atoms with Crippen molar-refractivity contribution < 1.29 is 14.6 Å². The van der Waals surface area contributed by atoms with Gasteiger partial charge in [0.25, 0.3) is 0 Å². The lowest BCUT2D eigenvalue weighted by atomic mass is 10.1. The number of benzene rings is 1. The van der Waals surface area contributed by atoms with Crippen LogP contribution >= 0.6 is 11.6 Å². The van der Waals surface area contributed by atoms with E-state index in [1.165, 1.54) is 12.1 Å². The number of hydrogen-bond acceptors (Lipinski definition) is 6. The minimum atomic E-state index is -0.868. The molecule has 3 atom stereocenters. The Labute approximate surface area is 153 Å². The summed E-state index contributed by atoms with van der Waals surface area (Å²) in [6.45, 7) is 0.187. The molecule has 0 radical (unpaired) electrons. The van der Waals surface area contributed by atoms with Crippen LogP contribution in [0.5, 0.6) is 0 Å². The van der Waals surface area contributed by atoms with Gasteiger partial charge in [0.05, 0.1) is 12.2 Å². The highest BCUT2D eigenvalue weighted by Crippen LogP contribution is 2.34. The molecule has 0 unspecified atom stereocenters. The molecule has 26 heavy (non-hydrogen) atoms. The molecule has 1 aliphatic rings.